The van der Waals surface area contributed by atoms with Crippen molar-refractivity contribution in [3.8, 4) is 11.3 Å². The first-order chi connectivity index (χ1) is 14.7. The minimum atomic E-state index is -0.352. The van der Waals surface area contributed by atoms with Gasteiger partial charge in [0, 0.05) is 22.0 Å². The molecular weight excluding hydrogens is 374 g/mol. The van der Waals surface area contributed by atoms with E-state index >= 15 is 0 Å². The number of carbonyl (C=O) groups is 2. The van der Waals surface area contributed by atoms with Crippen molar-refractivity contribution in [1.82, 2.24) is 4.98 Å². The molecule has 0 amide bonds. The van der Waals surface area contributed by atoms with Crippen LogP contribution in [0.25, 0.3) is 22.2 Å². The number of carbonyl (C=O) groups excluding carboxylic acids is 2. The molecule has 0 radical (unpaired) electrons. The molecule has 0 spiro atoms. The van der Waals surface area contributed by atoms with Gasteiger partial charge in [-0.25, -0.2) is 4.79 Å². The molecule has 0 aliphatic heterocycles. The number of H-pyrrole nitrogens is 1. The molecule has 4 nitrogen and oxygen atoms in total. The monoisotopic (exact) mass is 401 g/mol. The zero-order valence-electron chi connectivity index (χ0n) is 17.4. The summed E-state index contributed by atoms with van der Waals surface area (Å²) in [5, 5.41) is 1.12. The minimum absolute atomic E-state index is 0.352. The van der Waals surface area contributed by atoms with Crippen LogP contribution in [0.1, 0.15) is 69.9 Å². The molecule has 0 unspecified atom stereocenters. The minimum Gasteiger partial charge on any atom is -0.465 e. The third-order valence-corrected chi connectivity index (χ3v) is 6.17. The molecule has 1 aliphatic carbocycles. The SMILES string of the molecule is C=CCc1ccc(-c2[nH]c3cc(C(=O)OC)ccc3c2C2CCCCC2)c(C=O)c1. The average molecular weight is 402 g/mol. The number of aromatic amines is 1. The summed E-state index contributed by atoms with van der Waals surface area (Å²) in [6.45, 7) is 3.79. The van der Waals surface area contributed by atoms with E-state index in [1.54, 1.807) is 0 Å². The van der Waals surface area contributed by atoms with Gasteiger partial charge >= 0.3 is 5.97 Å². The van der Waals surface area contributed by atoms with Gasteiger partial charge in [-0.2, -0.15) is 0 Å². The fourth-order valence-electron chi connectivity index (χ4n) is 4.72. The van der Waals surface area contributed by atoms with Gasteiger partial charge in [-0.05, 0) is 54.5 Å². The van der Waals surface area contributed by atoms with E-state index in [0.717, 1.165) is 53.3 Å². The summed E-state index contributed by atoms with van der Waals surface area (Å²) in [5.41, 5.74) is 6.33. The number of nitrogens with one attached hydrogen (secondary N) is 1. The molecule has 1 aliphatic rings. The maximum Gasteiger partial charge on any atom is 0.337 e. The fourth-order valence-corrected chi connectivity index (χ4v) is 4.72. The van der Waals surface area contributed by atoms with Gasteiger partial charge in [0.05, 0.1) is 18.4 Å². The van der Waals surface area contributed by atoms with Gasteiger partial charge in [0.15, 0.2) is 6.29 Å². The van der Waals surface area contributed by atoms with E-state index in [-0.39, 0.29) is 5.97 Å². The van der Waals surface area contributed by atoms with Gasteiger partial charge in [-0.1, -0.05) is 43.5 Å². The van der Waals surface area contributed by atoms with E-state index in [1.165, 1.54) is 31.9 Å². The lowest BCUT2D eigenvalue weighted by atomic mass is 9.81. The predicted molar refractivity (Wildman–Crippen MR) is 120 cm³/mol. The number of methoxy groups -OCH3 is 1. The molecule has 154 valence electrons. The number of allylic oxidation sites excluding steroid dienone is 1. The van der Waals surface area contributed by atoms with Crippen LogP contribution in [0.15, 0.2) is 49.1 Å². The molecule has 1 heterocycles. The van der Waals surface area contributed by atoms with Crippen LogP contribution >= 0.6 is 0 Å². The molecule has 2 aromatic carbocycles. The average Bonchev–Trinajstić information content (AvgIpc) is 3.17. The Balaban J connectivity index is 1.92. The lowest BCUT2D eigenvalue weighted by Crippen LogP contribution is -2.06. The van der Waals surface area contributed by atoms with Crippen LogP contribution in [0.4, 0.5) is 0 Å². The van der Waals surface area contributed by atoms with Crippen LogP contribution in [0.5, 0.6) is 0 Å². The van der Waals surface area contributed by atoms with Gasteiger partial charge in [-0.15, -0.1) is 6.58 Å². The van der Waals surface area contributed by atoms with Crippen LogP contribution < -0.4 is 0 Å². The fraction of sp³-hybridized carbons (Fsp3) is 0.308. The van der Waals surface area contributed by atoms with Gasteiger partial charge in [0.1, 0.15) is 0 Å². The van der Waals surface area contributed by atoms with E-state index in [9.17, 15) is 9.59 Å². The molecule has 1 aromatic heterocycles. The molecular formula is C26H27NO3. The summed E-state index contributed by atoms with van der Waals surface area (Å²) in [5.74, 6) is 0.0912. The Labute approximate surface area is 176 Å². The Morgan fingerprint density at radius 2 is 1.97 bits per heavy atom. The standard InChI is InChI=1S/C26H27NO3/c1-3-7-17-10-12-21(20(14-17)16-28)25-24(18-8-5-4-6-9-18)22-13-11-19(26(29)30-2)15-23(22)27-25/h3,10-16,18,27H,1,4-9H2,2H3. The molecule has 1 saturated carbocycles. The Bertz CT molecular complexity index is 1100. The molecule has 3 aromatic rings. The van der Waals surface area contributed by atoms with Crippen molar-refractivity contribution in [3.63, 3.8) is 0 Å². The zero-order valence-corrected chi connectivity index (χ0v) is 17.4. The number of aldehydes is 1. The summed E-state index contributed by atoms with van der Waals surface area (Å²) < 4.78 is 4.89. The number of fused-ring (bicyclic) bond motifs is 1. The van der Waals surface area contributed by atoms with Crippen molar-refractivity contribution in [1.29, 1.82) is 0 Å². The predicted octanol–water partition coefficient (Wildman–Crippen LogP) is 6.21. The number of esters is 1. The Morgan fingerprint density at radius 3 is 2.67 bits per heavy atom. The maximum atomic E-state index is 12.0. The zero-order chi connectivity index (χ0) is 21.1. The van der Waals surface area contributed by atoms with Crippen LogP contribution in [-0.4, -0.2) is 24.3 Å². The Morgan fingerprint density at radius 1 is 1.17 bits per heavy atom. The number of ether oxygens (including phenoxy) is 1. The third kappa shape index (κ3) is 3.70. The second-order valence-corrected chi connectivity index (χ2v) is 8.03. The first kappa shape index (κ1) is 20.1. The van der Waals surface area contributed by atoms with E-state index in [0.29, 0.717) is 17.0 Å². The summed E-state index contributed by atoms with van der Waals surface area (Å²) in [6.07, 6.45) is 9.49. The highest BCUT2D eigenvalue weighted by atomic mass is 16.5. The first-order valence-electron chi connectivity index (χ1n) is 10.6. The van der Waals surface area contributed by atoms with Crippen molar-refractivity contribution < 1.29 is 14.3 Å². The van der Waals surface area contributed by atoms with Crippen molar-refractivity contribution in [2.45, 2.75) is 44.4 Å². The van der Waals surface area contributed by atoms with E-state index < -0.39 is 0 Å². The van der Waals surface area contributed by atoms with E-state index in [1.807, 2.05) is 36.4 Å². The van der Waals surface area contributed by atoms with Crippen LogP contribution in [0.2, 0.25) is 0 Å². The summed E-state index contributed by atoms with van der Waals surface area (Å²) >= 11 is 0. The normalized spacial score (nSPS) is 14.6. The van der Waals surface area contributed by atoms with Crippen molar-refractivity contribution >= 4 is 23.2 Å². The van der Waals surface area contributed by atoms with E-state index in [4.69, 9.17) is 4.74 Å². The largest absolute Gasteiger partial charge is 0.465 e. The lowest BCUT2D eigenvalue weighted by Gasteiger charge is -2.23. The molecule has 0 atom stereocenters. The Kier molecular flexibility index (Phi) is 5.84. The number of hydrogen-bond donors (Lipinski definition) is 1. The first-order valence-corrected chi connectivity index (χ1v) is 10.6. The number of benzene rings is 2. The van der Waals surface area contributed by atoms with Gasteiger partial charge in [-0.3, -0.25) is 4.79 Å². The quantitative estimate of drug-likeness (QED) is 0.303. The molecule has 30 heavy (non-hydrogen) atoms. The maximum absolute atomic E-state index is 12.0. The lowest BCUT2D eigenvalue weighted by molar-refractivity contribution is 0.0601. The van der Waals surface area contributed by atoms with Crippen molar-refractivity contribution in [3.05, 3.63) is 71.3 Å². The Hall–Kier alpha value is -3.14. The topological polar surface area (TPSA) is 59.2 Å². The van der Waals surface area contributed by atoms with Crippen LogP contribution in [0, 0.1) is 0 Å². The smallest absolute Gasteiger partial charge is 0.337 e. The molecule has 1 N–H and O–H groups in total. The number of aromatic nitrogens is 1. The van der Waals surface area contributed by atoms with Gasteiger partial charge in [0.2, 0.25) is 0 Å². The number of hydrogen-bond acceptors (Lipinski definition) is 3. The van der Waals surface area contributed by atoms with Crippen LogP contribution in [0.3, 0.4) is 0 Å². The highest BCUT2D eigenvalue weighted by Gasteiger charge is 2.25. The molecule has 1 fully saturated rings. The highest BCUT2D eigenvalue weighted by molar-refractivity contribution is 5.99. The molecule has 4 heteroatoms. The summed E-state index contributed by atoms with van der Waals surface area (Å²) in [7, 11) is 1.39. The van der Waals surface area contributed by atoms with Gasteiger partial charge in [0.25, 0.3) is 0 Å². The number of rotatable bonds is 6. The van der Waals surface area contributed by atoms with Crippen LogP contribution in [-0.2, 0) is 11.2 Å². The second kappa shape index (κ2) is 8.70. The summed E-state index contributed by atoms with van der Waals surface area (Å²) in [6, 6.07) is 11.7. The van der Waals surface area contributed by atoms with Gasteiger partial charge < -0.3 is 9.72 Å². The van der Waals surface area contributed by atoms with E-state index in [2.05, 4.69) is 17.6 Å². The molecule has 0 bridgehead atoms. The molecule has 4 rings (SSSR count). The second-order valence-electron chi connectivity index (χ2n) is 8.03. The van der Waals surface area contributed by atoms with Crippen molar-refractivity contribution in [2.75, 3.05) is 7.11 Å². The summed E-state index contributed by atoms with van der Waals surface area (Å²) in [4.78, 5) is 27.5. The molecule has 0 saturated heterocycles. The van der Waals surface area contributed by atoms with Crippen molar-refractivity contribution in [2.24, 2.45) is 0 Å². The highest BCUT2D eigenvalue weighted by Crippen LogP contribution is 2.43. The third-order valence-electron chi connectivity index (χ3n) is 6.17.